The normalized spacial score (nSPS) is 11.0. The largest absolute Gasteiger partial charge is 0.311 e. The molecule has 1 heterocycles. The maximum atomic E-state index is 15.7. The summed E-state index contributed by atoms with van der Waals surface area (Å²) < 4.78 is 39.9. The molecule has 0 N–H and O–H groups in total. The van der Waals surface area contributed by atoms with Crippen molar-refractivity contribution >= 4 is 46.1 Å². The van der Waals surface area contributed by atoms with E-state index < -0.39 is 11.6 Å². The molecule has 4 nitrogen and oxygen atoms in total. The molecule has 0 spiro atoms. The molecule has 5 aromatic carbocycles. The van der Waals surface area contributed by atoms with Crippen LogP contribution >= 0.6 is 11.7 Å². The van der Waals surface area contributed by atoms with Gasteiger partial charge in [-0.25, -0.2) is 8.78 Å². The molecule has 0 saturated carbocycles. The fourth-order valence-corrected chi connectivity index (χ4v) is 5.14. The third-order valence-electron chi connectivity index (χ3n) is 6.37. The van der Waals surface area contributed by atoms with Gasteiger partial charge < -0.3 is 4.90 Å². The van der Waals surface area contributed by atoms with Gasteiger partial charge in [0.2, 0.25) is 0 Å². The number of para-hydroxylation sites is 2. The van der Waals surface area contributed by atoms with E-state index in [-0.39, 0.29) is 16.6 Å². The molecule has 0 aliphatic heterocycles. The lowest BCUT2D eigenvalue weighted by molar-refractivity contribution is 0.112. The number of carbonyl (C=O) groups excluding carboxylic acids is 1. The summed E-state index contributed by atoms with van der Waals surface area (Å²) in [7, 11) is 0. The molecule has 1 aromatic heterocycles. The lowest BCUT2D eigenvalue weighted by Gasteiger charge is -2.25. The van der Waals surface area contributed by atoms with Crippen LogP contribution in [0, 0.1) is 11.6 Å². The first kappa shape index (κ1) is 23.6. The van der Waals surface area contributed by atoms with E-state index in [9.17, 15) is 4.79 Å². The Hall–Kier alpha value is -4.75. The predicted molar refractivity (Wildman–Crippen MR) is 148 cm³/mol. The maximum absolute atomic E-state index is 15.7. The molecule has 0 saturated heterocycles. The number of aromatic nitrogens is 2. The van der Waals surface area contributed by atoms with Gasteiger partial charge in [-0.2, -0.15) is 8.75 Å². The molecule has 0 radical (unpaired) electrons. The number of carbonyl (C=O) groups is 1. The van der Waals surface area contributed by atoms with E-state index in [0.29, 0.717) is 28.5 Å². The zero-order valence-electron chi connectivity index (χ0n) is 19.9. The van der Waals surface area contributed by atoms with Gasteiger partial charge in [0, 0.05) is 33.8 Å². The molecular weight excluding hydrogens is 500 g/mol. The van der Waals surface area contributed by atoms with Gasteiger partial charge in [-0.1, -0.05) is 72.8 Å². The van der Waals surface area contributed by atoms with Crippen molar-refractivity contribution in [1.82, 2.24) is 8.75 Å². The Morgan fingerprint density at radius 3 is 1.45 bits per heavy atom. The Labute approximate surface area is 221 Å². The van der Waals surface area contributed by atoms with Gasteiger partial charge in [-0.05, 0) is 47.5 Å². The molecule has 0 aliphatic rings. The smallest absolute Gasteiger partial charge is 0.169 e. The topological polar surface area (TPSA) is 46.1 Å². The number of benzene rings is 5. The molecule has 0 bridgehead atoms. The fraction of sp³-hybridized carbons (Fsp3) is 0. The number of hydrogen-bond acceptors (Lipinski definition) is 5. The lowest BCUT2D eigenvalue weighted by atomic mass is 9.95. The van der Waals surface area contributed by atoms with Crippen LogP contribution in [0.25, 0.3) is 33.3 Å². The number of halogens is 2. The van der Waals surface area contributed by atoms with Gasteiger partial charge in [0.1, 0.15) is 17.3 Å². The van der Waals surface area contributed by atoms with Crippen molar-refractivity contribution in [2.75, 3.05) is 4.90 Å². The number of hydrogen-bond donors (Lipinski definition) is 0. The summed E-state index contributed by atoms with van der Waals surface area (Å²) in [5.74, 6) is -1.99. The summed E-state index contributed by atoms with van der Waals surface area (Å²) in [5.41, 5.74) is 4.84. The van der Waals surface area contributed by atoms with E-state index in [1.807, 2.05) is 72.8 Å². The molecule has 0 unspecified atom stereocenters. The highest BCUT2D eigenvalue weighted by atomic mass is 32.1. The monoisotopic (exact) mass is 519 g/mol. The molecule has 0 amide bonds. The van der Waals surface area contributed by atoms with Crippen molar-refractivity contribution in [2.45, 2.75) is 0 Å². The number of aldehydes is 1. The Kier molecular flexibility index (Phi) is 6.19. The zero-order valence-corrected chi connectivity index (χ0v) is 20.7. The van der Waals surface area contributed by atoms with Gasteiger partial charge in [-0.3, -0.25) is 4.79 Å². The Bertz CT molecular complexity index is 1700. The summed E-state index contributed by atoms with van der Waals surface area (Å²) >= 11 is 0.900. The minimum Gasteiger partial charge on any atom is -0.311 e. The van der Waals surface area contributed by atoms with Crippen molar-refractivity contribution in [3.05, 3.63) is 126 Å². The van der Waals surface area contributed by atoms with Crippen LogP contribution in [0.5, 0.6) is 0 Å². The van der Waals surface area contributed by atoms with Crippen molar-refractivity contribution in [2.24, 2.45) is 0 Å². The average Bonchev–Trinajstić information content (AvgIpc) is 3.45. The first-order valence-electron chi connectivity index (χ1n) is 11.8. The molecule has 0 aliphatic carbocycles. The number of anilines is 3. The van der Waals surface area contributed by atoms with Crippen LogP contribution in [0.3, 0.4) is 0 Å². The summed E-state index contributed by atoms with van der Waals surface area (Å²) in [6, 6.07) is 33.4. The maximum Gasteiger partial charge on any atom is 0.169 e. The number of nitrogens with zero attached hydrogens (tertiary/aromatic N) is 3. The number of fused-ring (bicyclic) bond motifs is 1. The molecule has 6 rings (SSSR count). The Morgan fingerprint density at radius 2 is 1.00 bits per heavy atom. The predicted octanol–water partition coefficient (Wildman–Crippen LogP) is 8.59. The fourth-order valence-electron chi connectivity index (χ4n) is 4.58. The van der Waals surface area contributed by atoms with Gasteiger partial charge in [0.15, 0.2) is 11.6 Å². The second-order valence-electron chi connectivity index (χ2n) is 8.63. The summed E-state index contributed by atoms with van der Waals surface area (Å²) in [6.45, 7) is 0. The highest BCUT2D eigenvalue weighted by Crippen LogP contribution is 2.41. The van der Waals surface area contributed by atoms with E-state index in [1.165, 1.54) is 0 Å². The average molecular weight is 520 g/mol. The molecule has 38 heavy (non-hydrogen) atoms. The molecule has 184 valence electrons. The van der Waals surface area contributed by atoms with Gasteiger partial charge >= 0.3 is 0 Å². The first-order valence-corrected chi connectivity index (χ1v) is 12.6. The van der Waals surface area contributed by atoms with Crippen molar-refractivity contribution in [1.29, 1.82) is 0 Å². The van der Waals surface area contributed by atoms with Crippen LogP contribution in [-0.4, -0.2) is 15.0 Å². The lowest BCUT2D eigenvalue weighted by Crippen LogP contribution is -2.09. The number of rotatable bonds is 6. The van der Waals surface area contributed by atoms with Crippen LogP contribution in [0.2, 0.25) is 0 Å². The second-order valence-corrected chi connectivity index (χ2v) is 9.16. The standard InChI is InChI=1S/C31H19F2N3OS/c32-28-26(21-13-11-20(19-37)12-14-21)30-31(35-38-34-30)27(29(28)33)22-15-17-25(18-16-22)36(23-7-3-1-4-8-23)24-9-5-2-6-10-24/h1-19H. The van der Waals surface area contributed by atoms with Gasteiger partial charge in [-0.15, -0.1) is 0 Å². The van der Waals surface area contributed by atoms with E-state index in [2.05, 4.69) is 13.6 Å². The first-order chi connectivity index (χ1) is 18.7. The third-order valence-corrected chi connectivity index (χ3v) is 6.90. The summed E-state index contributed by atoms with van der Waals surface area (Å²) in [6.07, 6.45) is 0.699. The minimum atomic E-state index is -1.00. The van der Waals surface area contributed by atoms with E-state index in [4.69, 9.17) is 0 Å². The van der Waals surface area contributed by atoms with Crippen LogP contribution < -0.4 is 4.90 Å². The van der Waals surface area contributed by atoms with Crippen molar-refractivity contribution in [3.63, 3.8) is 0 Å². The van der Waals surface area contributed by atoms with Crippen LogP contribution in [0.15, 0.2) is 109 Å². The highest BCUT2D eigenvalue weighted by molar-refractivity contribution is 7.00. The minimum absolute atomic E-state index is 0.0309. The Morgan fingerprint density at radius 1 is 0.579 bits per heavy atom. The second kappa shape index (κ2) is 9.95. The van der Waals surface area contributed by atoms with E-state index in [1.54, 1.807) is 36.4 Å². The molecule has 6 aromatic rings. The molecule has 0 fully saturated rings. The van der Waals surface area contributed by atoms with Crippen molar-refractivity contribution < 1.29 is 13.6 Å². The zero-order chi connectivity index (χ0) is 26.1. The van der Waals surface area contributed by atoms with Crippen molar-refractivity contribution in [3.8, 4) is 22.3 Å². The summed E-state index contributed by atoms with van der Waals surface area (Å²) in [5, 5.41) is 0. The van der Waals surface area contributed by atoms with Crippen LogP contribution in [0.1, 0.15) is 10.4 Å². The quantitative estimate of drug-likeness (QED) is 0.207. The van der Waals surface area contributed by atoms with E-state index in [0.717, 1.165) is 28.8 Å². The summed E-state index contributed by atoms with van der Waals surface area (Å²) in [4.78, 5) is 13.1. The Balaban J connectivity index is 1.46. The van der Waals surface area contributed by atoms with Gasteiger partial charge in [0.25, 0.3) is 0 Å². The SMILES string of the molecule is O=Cc1ccc(-c2c(F)c(F)c(-c3ccc(N(c4ccccc4)c4ccccc4)cc3)c3nsnc23)cc1. The van der Waals surface area contributed by atoms with E-state index >= 15 is 8.78 Å². The molecular formula is C31H19F2N3OS. The van der Waals surface area contributed by atoms with Crippen LogP contribution in [-0.2, 0) is 0 Å². The van der Waals surface area contributed by atoms with Gasteiger partial charge in [0.05, 0.1) is 11.7 Å². The molecule has 0 atom stereocenters. The third kappa shape index (κ3) is 4.13. The highest BCUT2D eigenvalue weighted by Gasteiger charge is 2.25. The van der Waals surface area contributed by atoms with Crippen LogP contribution in [0.4, 0.5) is 25.8 Å². The molecule has 7 heteroatoms.